The van der Waals surface area contributed by atoms with Crippen molar-refractivity contribution in [3.8, 4) is 0 Å². The van der Waals surface area contributed by atoms with Gasteiger partial charge >= 0.3 is 40.7 Å². The Labute approximate surface area is 41.1 Å². The van der Waals surface area contributed by atoms with Crippen LogP contribution in [-0.4, -0.2) is 0 Å². The standard InChI is InChI=1S/4CH3.H2N.Ti/h4*1H3;1H2;/q;;;;-1;+1. The van der Waals surface area contributed by atoms with Gasteiger partial charge in [-0.1, -0.05) is 0 Å². The quantitative estimate of drug-likeness (QED) is 0.489. The molecule has 0 aliphatic heterocycles. The molecule has 0 spiro atoms. The Morgan fingerprint density at radius 1 is 1.00 bits per heavy atom. The third kappa shape index (κ3) is 139. The summed E-state index contributed by atoms with van der Waals surface area (Å²) >= 11 is -2.10. The molecule has 0 atom stereocenters. The predicted octanol–water partition coefficient (Wildman–Crippen LogP) is 1.74. The van der Waals surface area contributed by atoms with Crippen molar-refractivity contribution in [3.63, 3.8) is 0 Å². The summed E-state index contributed by atoms with van der Waals surface area (Å²) in [5.41, 5.74) is 0. The van der Waals surface area contributed by atoms with Gasteiger partial charge in [0, 0.05) is 0 Å². The van der Waals surface area contributed by atoms with E-state index in [-0.39, 0.29) is 0 Å². The maximum atomic E-state index is 5.79. The van der Waals surface area contributed by atoms with Crippen LogP contribution in [0.3, 0.4) is 0 Å². The maximum absolute atomic E-state index is 5.79. The van der Waals surface area contributed by atoms with Crippen LogP contribution in [0.4, 0.5) is 0 Å². The molecule has 0 bridgehead atoms. The molecule has 0 amide bonds. The second-order valence-corrected chi connectivity index (χ2v) is 17.1. The van der Waals surface area contributed by atoms with Crippen LogP contribution < -0.4 is 4.22 Å². The molecule has 1 nitrogen and oxygen atoms in total. The Balaban J connectivity index is 3.73. The first-order valence-corrected chi connectivity index (χ1v) is 9.44. The van der Waals surface area contributed by atoms with Crippen molar-refractivity contribution >= 4 is 0 Å². The van der Waals surface area contributed by atoms with Crippen molar-refractivity contribution in [2.24, 2.45) is 4.22 Å². The van der Waals surface area contributed by atoms with Crippen LogP contribution in [0.5, 0.6) is 0 Å². The molecule has 2 N–H and O–H groups in total. The van der Waals surface area contributed by atoms with Gasteiger partial charge in [0.2, 0.25) is 0 Å². The van der Waals surface area contributed by atoms with Crippen LogP contribution in [0, 0.1) is 0 Å². The molecular formula is C4H14NTi. The average molecular weight is 124 g/mol. The van der Waals surface area contributed by atoms with Crippen LogP contribution in [0.25, 0.3) is 0 Å². The van der Waals surface area contributed by atoms with Crippen molar-refractivity contribution in [1.29, 1.82) is 0 Å². The number of hydrogen-bond donors (Lipinski definition) is 1. The minimum atomic E-state index is -2.10. The molecule has 2 heteroatoms. The van der Waals surface area contributed by atoms with Gasteiger partial charge in [0.15, 0.2) is 0 Å². The monoisotopic (exact) mass is 124 g/mol. The van der Waals surface area contributed by atoms with Gasteiger partial charge in [-0.05, 0) is 0 Å². The summed E-state index contributed by atoms with van der Waals surface area (Å²) < 4.78 is 5.79. The average Bonchev–Trinajstić information content (AvgIpc) is 0.650. The number of nitrogens with two attached hydrogens (primary N) is 1. The summed E-state index contributed by atoms with van der Waals surface area (Å²) in [4.78, 5) is 0. The van der Waals surface area contributed by atoms with E-state index in [1.807, 2.05) is 0 Å². The zero-order chi connectivity index (χ0) is 5.45. The Morgan fingerprint density at radius 3 is 1.00 bits per heavy atom. The van der Waals surface area contributed by atoms with E-state index in [2.05, 4.69) is 20.9 Å². The Hall–Kier alpha value is 0.674. The van der Waals surface area contributed by atoms with Gasteiger partial charge < -0.3 is 0 Å². The van der Waals surface area contributed by atoms with Crippen LogP contribution in [0.15, 0.2) is 0 Å². The van der Waals surface area contributed by atoms with E-state index < -0.39 is 15.6 Å². The molecule has 0 aromatic heterocycles. The SMILES string of the molecule is [CH3][Ti]([CH3])([CH3])([CH3])[NH2]. The van der Waals surface area contributed by atoms with Crippen LogP contribution in [0.1, 0.15) is 0 Å². The summed E-state index contributed by atoms with van der Waals surface area (Å²) in [6.07, 6.45) is 0. The van der Waals surface area contributed by atoms with Crippen molar-refractivity contribution in [3.05, 3.63) is 0 Å². The van der Waals surface area contributed by atoms with E-state index in [0.717, 1.165) is 0 Å². The fraction of sp³-hybridized carbons (Fsp3) is 1.00. The molecule has 0 aliphatic rings. The third-order valence-corrected chi connectivity index (χ3v) is 0. The second-order valence-electron chi connectivity index (χ2n) is 4.15. The summed E-state index contributed by atoms with van der Waals surface area (Å²) in [5.74, 6) is 0. The molecule has 0 saturated carbocycles. The Kier molecular flexibility index (Phi) is 1.21. The molecule has 0 aromatic carbocycles. The molecule has 0 unspecified atom stereocenters. The zero-order valence-corrected chi connectivity index (χ0v) is 6.64. The minimum absolute atomic E-state index is 2.10. The molecule has 39 valence electrons. The predicted molar refractivity (Wildman–Crippen MR) is 27.6 cm³/mol. The van der Waals surface area contributed by atoms with E-state index in [4.69, 9.17) is 4.22 Å². The topological polar surface area (TPSA) is 26.0 Å². The van der Waals surface area contributed by atoms with E-state index in [9.17, 15) is 0 Å². The van der Waals surface area contributed by atoms with Crippen molar-refractivity contribution in [2.45, 2.75) is 20.9 Å². The van der Waals surface area contributed by atoms with Gasteiger partial charge in [-0.15, -0.1) is 0 Å². The Bertz CT molecular complexity index is 40.7. The summed E-state index contributed by atoms with van der Waals surface area (Å²) in [7, 11) is 0. The van der Waals surface area contributed by atoms with Gasteiger partial charge in [0.1, 0.15) is 0 Å². The van der Waals surface area contributed by atoms with Gasteiger partial charge in [-0.2, -0.15) is 0 Å². The molecule has 0 rings (SSSR count). The zero-order valence-electron chi connectivity index (χ0n) is 5.08. The first-order chi connectivity index (χ1) is 2.24. The fourth-order valence-corrected chi connectivity index (χ4v) is 0. The summed E-state index contributed by atoms with van der Waals surface area (Å²) in [6, 6.07) is 0. The van der Waals surface area contributed by atoms with Gasteiger partial charge in [-0.3, -0.25) is 0 Å². The van der Waals surface area contributed by atoms with Gasteiger partial charge in [0.25, 0.3) is 0 Å². The van der Waals surface area contributed by atoms with E-state index in [1.165, 1.54) is 0 Å². The van der Waals surface area contributed by atoms with Crippen LogP contribution in [0.2, 0.25) is 20.9 Å². The van der Waals surface area contributed by atoms with Gasteiger partial charge in [-0.25, -0.2) is 0 Å². The fourth-order valence-electron chi connectivity index (χ4n) is 0. The first kappa shape index (κ1) is 6.67. The Morgan fingerprint density at radius 2 is 1.00 bits per heavy atom. The van der Waals surface area contributed by atoms with Crippen molar-refractivity contribution < 1.29 is 15.6 Å². The molecule has 6 heavy (non-hydrogen) atoms. The second kappa shape index (κ2) is 1.09. The normalized spacial score (nSPS) is 19.2. The third-order valence-electron chi connectivity index (χ3n) is 0. The van der Waals surface area contributed by atoms with Crippen molar-refractivity contribution in [1.82, 2.24) is 0 Å². The molecular weight excluding hydrogens is 110 g/mol. The van der Waals surface area contributed by atoms with Crippen molar-refractivity contribution in [2.75, 3.05) is 0 Å². The number of hydrogen-bond acceptors (Lipinski definition) is 1. The molecule has 0 aliphatic carbocycles. The van der Waals surface area contributed by atoms with E-state index in [0.29, 0.717) is 0 Å². The van der Waals surface area contributed by atoms with Crippen LogP contribution >= 0.6 is 0 Å². The van der Waals surface area contributed by atoms with Gasteiger partial charge in [0.05, 0.1) is 0 Å². The summed E-state index contributed by atoms with van der Waals surface area (Å²) in [5, 5.41) is 8.71. The molecule has 0 fully saturated rings. The number of rotatable bonds is 0. The molecule has 0 radical (unpaired) electrons. The first-order valence-electron chi connectivity index (χ1n) is 2.29. The van der Waals surface area contributed by atoms with E-state index >= 15 is 0 Å². The molecule has 0 saturated heterocycles. The van der Waals surface area contributed by atoms with E-state index in [1.54, 1.807) is 0 Å². The molecule has 0 heterocycles. The summed E-state index contributed by atoms with van der Waals surface area (Å²) in [6.45, 7) is 0. The molecule has 0 aromatic rings. The van der Waals surface area contributed by atoms with Crippen LogP contribution in [-0.2, 0) is 15.6 Å².